The van der Waals surface area contributed by atoms with Crippen molar-refractivity contribution in [2.75, 3.05) is 25.6 Å². The van der Waals surface area contributed by atoms with E-state index in [0.29, 0.717) is 6.61 Å². The van der Waals surface area contributed by atoms with Crippen molar-refractivity contribution in [2.45, 2.75) is 0 Å². The van der Waals surface area contributed by atoms with Crippen molar-refractivity contribution in [3.05, 3.63) is 42.9 Å². The number of benzene rings is 1. The van der Waals surface area contributed by atoms with E-state index in [1.165, 1.54) is 5.39 Å². The van der Waals surface area contributed by atoms with Crippen molar-refractivity contribution in [2.24, 2.45) is 0 Å². The smallest absolute Gasteiger partial charge is 0.183 e. The number of methoxy groups -OCH3 is 1. The van der Waals surface area contributed by atoms with Crippen molar-refractivity contribution in [3.63, 3.8) is 0 Å². The third kappa shape index (κ3) is 2.64. The summed E-state index contributed by atoms with van der Waals surface area (Å²) in [4.78, 5) is 9.83. The van der Waals surface area contributed by atoms with E-state index in [0.717, 1.165) is 27.5 Å². The predicted octanol–water partition coefficient (Wildman–Crippen LogP) is 3.42. The molecule has 0 aliphatic rings. The average molecular weight is 285 g/mol. The first-order valence-electron chi connectivity index (χ1n) is 6.40. The second kappa shape index (κ2) is 5.98. The molecule has 4 nitrogen and oxygen atoms in total. The Balaban J connectivity index is 1.91. The molecule has 0 fully saturated rings. The molecule has 0 aliphatic heterocycles. The van der Waals surface area contributed by atoms with Crippen molar-refractivity contribution in [1.82, 2.24) is 9.97 Å². The number of ether oxygens (including phenoxy) is 1. The van der Waals surface area contributed by atoms with Gasteiger partial charge in [-0.1, -0.05) is 35.6 Å². The maximum Gasteiger partial charge on any atom is 0.183 e. The molecule has 3 aromatic rings. The van der Waals surface area contributed by atoms with Gasteiger partial charge in [0.25, 0.3) is 0 Å². The van der Waals surface area contributed by atoms with E-state index in [1.54, 1.807) is 18.4 Å². The molecular formula is C15H15N3OS. The largest absolute Gasteiger partial charge is 0.383 e. The predicted molar refractivity (Wildman–Crippen MR) is 83.2 cm³/mol. The van der Waals surface area contributed by atoms with Gasteiger partial charge < -0.3 is 10.1 Å². The van der Waals surface area contributed by atoms with Crippen molar-refractivity contribution in [1.29, 1.82) is 0 Å². The minimum absolute atomic E-state index is 0.671. The van der Waals surface area contributed by atoms with E-state index < -0.39 is 0 Å². The topological polar surface area (TPSA) is 47.0 Å². The van der Waals surface area contributed by atoms with E-state index in [1.807, 2.05) is 30.7 Å². The zero-order valence-electron chi connectivity index (χ0n) is 11.2. The van der Waals surface area contributed by atoms with Crippen LogP contribution in [0.25, 0.3) is 21.2 Å². The van der Waals surface area contributed by atoms with Crippen molar-refractivity contribution >= 4 is 27.2 Å². The lowest BCUT2D eigenvalue weighted by Gasteiger charge is -2.03. The number of nitrogens with zero attached hydrogens (tertiary/aromatic N) is 2. The molecular weight excluding hydrogens is 270 g/mol. The molecule has 0 aliphatic carbocycles. The number of pyridine rings is 1. The maximum absolute atomic E-state index is 5.02. The lowest BCUT2D eigenvalue weighted by molar-refractivity contribution is 0.211. The fourth-order valence-electron chi connectivity index (χ4n) is 2.05. The molecule has 0 unspecified atom stereocenters. The number of aromatic nitrogens is 2. The molecule has 2 heterocycles. The summed E-state index contributed by atoms with van der Waals surface area (Å²) in [6.07, 6.45) is 5.68. The molecule has 5 heteroatoms. The Labute approximate surface area is 121 Å². The van der Waals surface area contributed by atoms with Crippen LogP contribution >= 0.6 is 11.3 Å². The first-order chi connectivity index (χ1) is 9.88. The number of hydrogen-bond acceptors (Lipinski definition) is 5. The zero-order chi connectivity index (χ0) is 13.8. The Bertz CT molecular complexity index is 706. The van der Waals surface area contributed by atoms with Crippen LogP contribution in [0, 0.1) is 0 Å². The molecule has 0 saturated carbocycles. The summed E-state index contributed by atoms with van der Waals surface area (Å²) < 4.78 is 5.02. The highest BCUT2D eigenvalue weighted by atomic mass is 32.1. The van der Waals surface area contributed by atoms with Crippen LogP contribution in [-0.2, 0) is 4.74 Å². The summed E-state index contributed by atoms with van der Waals surface area (Å²) in [6, 6.07) is 8.26. The summed E-state index contributed by atoms with van der Waals surface area (Å²) >= 11 is 1.63. The lowest BCUT2D eigenvalue weighted by atomic mass is 10.1. The van der Waals surface area contributed by atoms with Crippen molar-refractivity contribution in [3.8, 4) is 10.4 Å². The number of thiazole rings is 1. The number of rotatable bonds is 5. The molecule has 20 heavy (non-hydrogen) atoms. The first kappa shape index (κ1) is 13.0. The molecule has 0 atom stereocenters. The molecule has 1 N–H and O–H groups in total. The fourth-order valence-corrected chi connectivity index (χ4v) is 2.92. The molecule has 0 saturated heterocycles. The molecule has 0 amide bonds. The Morgan fingerprint density at radius 2 is 2.10 bits per heavy atom. The van der Waals surface area contributed by atoms with Crippen LogP contribution in [0.15, 0.2) is 42.9 Å². The summed E-state index contributed by atoms with van der Waals surface area (Å²) in [5, 5.41) is 6.50. The molecule has 2 aromatic heterocycles. The van der Waals surface area contributed by atoms with Gasteiger partial charge in [0.05, 0.1) is 11.5 Å². The van der Waals surface area contributed by atoms with E-state index in [2.05, 4.69) is 27.4 Å². The second-order valence-corrected chi connectivity index (χ2v) is 5.39. The molecule has 0 bridgehead atoms. The number of fused-ring (bicyclic) bond motifs is 1. The van der Waals surface area contributed by atoms with Gasteiger partial charge in [-0.3, -0.25) is 4.98 Å². The minimum Gasteiger partial charge on any atom is -0.383 e. The van der Waals surface area contributed by atoms with Crippen LogP contribution < -0.4 is 5.32 Å². The highest BCUT2D eigenvalue weighted by Gasteiger charge is 2.08. The lowest BCUT2D eigenvalue weighted by Crippen LogP contribution is -2.06. The van der Waals surface area contributed by atoms with Gasteiger partial charge >= 0.3 is 0 Å². The fraction of sp³-hybridized carbons (Fsp3) is 0.200. The van der Waals surface area contributed by atoms with E-state index in [9.17, 15) is 0 Å². The van der Waals surface area contributed by atoms with Crippen LogP contribution in [0.4, 0.5) is 5.13 Å². The standard InChI is InChI=1S/C15H15N3OS/c1-19-7-6-17-15-18-10-14(20-15)13-9-16-8-11-4-2-3-5-12(11)13/h2-5,8-10H,6-7H2,1H3,(H,17,18). The monoisotopic (exact) mass is 285 g/mol. The van der Waals surface area contributed by atoms with Gasteiger partial charge in [0.15, 0.2) is 5.13 Å². The van der Waals surface area contributed by atoms with Gasteiger partial charge in [0, 0.05) is 43.2 Å². The minimum atomic E-state index is 0.671. The Morgan fingerprint density at radius 3 is 3.00 bits per heavy atom. The van der Waals surface area contributed by atoms with E-state index >= 15 is 0 Å². The highest BCUT2D eigenvalue weighted by molar-refractivity contribution is 7.19. The number of nitrogens with one attached hydrogen (secondary N) is 1. The molecule has 3 rings (SSSR count). The highest BCUT2D eigenvalue weighted by Crippen LogP contribution is 2.33. The van der Waals surface area contributed by atoms with Gasteiger partial charge in [-0.15, -0.1) is 0 Å². The Kier molecular flexibility index (Phi) is 3.90. The van der Waals surface area contributed by atoms with Gasteiger partial charge in [-0.05, 0) is 5.39 Å². The summed E-state index contributed by atoms with van der Waals surface area (Å²) in [5.41, 5.74) is 1.13. The van der Waals surface area contributed by atoms with Gasteiger partial charge in [-0.2, -0.15) is 0 Å². The van der Waals surface area contributed by atoms with Gasteiger partial charge in [0.1, 0.15) is 0 Å². The molecule has 0 radical (unpaired) electrons. The molecule has 102 valence electrons. The van der Waals surface area contributed by atoms with Crippen LogP contribution in [0.3, 0.4) is 0 Å². The van der Waals surface area contributed by atoms with Gasteiger partial charge in [0.2, 0.25) is 0 Å². The summed E-state index contributed by atoms with van der Waals surface area (Å²) in [5.74, 6) is 0. The Morgan fingerprint density at radius 1 is 1.20 bits per heavy atom. The number of hydrogen-bond donors (Lipinski definition) is 1. The van der Waals surface area contributed by atoms with Crippen LogP contribution in [0.2, 0.25) is 0 Å². The van der Waals surface area contributed by atoms with Gasteiger partial charge in [-0.25, -0.2) is 4.98 Å². The van der Waals surface area contributed by atoms with Crippen LogP contribution in [0.1, 0.15) is 0 Å². The first-order valence-corrected chi connectivity index (χ1v) is 7.22. The third-order valence-corrected chi connectivity index (χ3v) is 4.01. The normalized spacial score (nSPS) is 10.8. The quantitative estimate of drug-likeness (QED) is 0.730. The SMILES string of the molecule is COCCNc1ncc(-c2cncc3ccccc23)s1. The third-order valence-electron chi connectivity index (χ3n) is 3.02. The molecule has 0 spiro atoms. The second-order valence-electron chi connectivity index (χ2n) is 4.36. The Hall–Kier alpha value is -1.98. The van der Waals surface area contributed by atoms with E-state index in [-0.39, 0.29) is 0 Å². The maximum atomic E-state index is 5.02. The average Bonchev–Trinajstić information content (AvgIpc) is 2.96. The summed E-state index contributed by atoms with van der Waals surface area (Å²) in [7, 11) is 1.69. The van der Waals surface area contributed by atoms with Crippen molar-refractivity contribution < 1.29 is 4.74 Å². The zero-order valence-corrected chi connectivity index (χ0v) is 12.0. The number of anilines is 1. The van der Waals surface area contributed by atoms with E-state index in [4.69, 9.17) is 4.74 Å². The molecule has 1 aromatic carbocycles. The summed E-state index contributed by atoms with van der Waals surface area (Å²) in [6.45, 7) is 1.43. The van der Waals surface area contributed by atoms with Crippen LogP contribution in [0.5, 0.6) is 0 Å². The van der Waals surface area contributed by atoms with Crippen LogP contribution in [-0.4, -0.2) is 30.2 Å².